The molecule has 0 aliphatic carbocycles. The van der Waals surface area contributed by atoms with Gasteiger partial charge in [-0.15, -0.1) is 27.8 Å². The molecule has 126 valence electrons. The number of thiophene rings is 2. The third-order valence-corrected chi connectivity index (χ3v) is 6.18. The number of aromatic nitrogens is 4. The van der Waals surface area contributed by atoms with Crippen LogP contribution in [0.25, 0.3) is 0 Å². The molecule has 10 heteroatoms. The Morgan fingerprint density at radius 2 is 2.25 bits per heavy atom. The summed E-state index contributed by atoms with van der Waals surface area (Å²) in [5.74, 6) is 0.315. The van der Waals surface area contributed by atoms with Crippen LogP contribution in [0.2, 0.25) is 4.34 Å². The maximum atomic E-state index is 12.3. The Bertz CT molecular complexity index is 801. The van der Waals surface area contributed by atoms with Crippen molar-refractivity contribution in [3.8, 4) is 0 Å². The van der Waals surface area contributed by atoms with Crippen molar-refractivity contribution in [3.63, 3.8) is 0 Å². The SMILES string of the molecule is CN(Cc1ccc(Cl)s1)C(=O)CSc1nnnn1Cc1cccs1. The number of halogens is 1. The van der Waals surface area contributed by atoms with Gasteiger partial charge in [0.05, 0.1) is 23.2 Å². The fourth-order valence-corrected chi connectivity index (χ4v) is 4.59. The number of amides is 1. The molecule has 0 saturated carbocycles. The van der Waals surface area contributed by atoms with Gasteiger partial charge in [-0.25, -0.2) is 4.68 Å². The molecule has 0 radical (unpaired) electrons. The predicted octanol–water partition coefficient (Wildman–Crippen LogP) is 3.25. The van der Waals surface area contributed by atoms with Crippen LogP contribution in [0.4, 0.5) is 0 Å². The van der Waals surface area contributed by atoms with Crippen molar-refractivity contribution in [2.45, 2.75) is 18.2 Å². The van der Waals surface area contributed by atoms with E-state index in [2.05, 4.69) is 15.5 Å². The topological polar surface area (TPSA) is 63.9 Å². The minimum Gasteiger partial charge on any atom is -0.340 e. The first-order valence-corrected chi connectivity index (χ1v) is 10.1. The molecule has 0 spiro atoms. The molecule has 6 nitrogen and oxygen atoms in total. The summed E-state index contributed by atoms with van der Waals surface area (Å²) >= 11 is 10.4. The number of rotatable bonds is 7. The van der Waals surface area contributed by atoms with Crippen molar-refractivity contribution in [2.24, 2.45) is 0 Å². The number of carbonyl (C=O) groups is 1. The zero-order valence-electron chi connectivity index (χ0n) is 12.8. The van der Waals surface area contributed by atoms with Crippen LogP contribution in [0.15, 0.2) is 34.8 Å². The Morgan fingerprint density at radius 3 is 2.96 bits per heavy atom. The van der Waals surface area contributed by atoms with Crippen molar-refractivity contribution < 1.29 is 4.79 Å². The number of hydrogen-bond donors (Lipinski definition) is 0. The van der Waals surface area contributed by atoms with E-state index in [9.17, 15) is 4.79 Å². The van der Waals surface area contributed by atoms with E-state index in [1.165, 1.54) is 28.0 Å². The van der Waals surface area contributed by atoms with Gasteiger partial charge in [0.15, 0.2) is 0 Å². The molecule has 0 atom stereocenters. The zero-order chi connectivity index (χ0) is 16.9. The minimum atomic E-state index is 0.0233. The van der Waals surface area contributed by atoms with Gasteiger partial charge in [0, 0.05) is 16.8 Å². The maximum Gasteiger partial charge on any atom is 0.233 e. The molecule has 0 aliphatic rings. The molecule has 3 aromatic heterocycles. The number of tetrazole rings is 1. The average molecular weight is 400 g/mol. The Labute approximate surface area is 156 Å². The molecule has 0 aromatic carbocycles. The molecule has 0 aliphatic heterocycles. The van der Waals surface area contributed by atoms with Crippen LogP contribution in [0.1, 0.15) is 9.75 Å². The van der Waals surface area contributed by atoms with E-state index in [1.54, 1.807) is 28.0 Å². The molecule has 0 bridgehead atoms. The molecule has 3 heterocycles. The van der Waals surface area contributed by atoms with Crippen molar-refractivity contribution in [1.29, 1.82) is 0 Å². The van der Waals surface area contributed by atoms with Gasteiger partial charge in [0.25, 0.3) is 0 Å². The van der Waals surface area contributed by atoms with E-state index >= 15 is 0 Å². The lowest BCUT2D eigenvalue weighted by Gasteiger charge is -2.15. The Hall–Kier alpha value is -1.42. The molecule has 0 saturated heterocycles. The zero-order valence-corrected chi connectivity index (χ0v) is 16.0. The van der Waals surface area contributed by atoms with Crippen LogP contribution < -0.4 is 0 Å². The van der Waals surface area contributed by atoms with Gasteiger partial charge in [-0.1, -0.05) is 29.4 Å². The van der Waals surface area contributed by atoms with Crippen LogP contribution >= 0.6 is 46.0 Å². The molecule has 0 N–H and O–H groups in total. The summed E-state index contributed by atoms with van der Waals surface area (Å²) in [6.45, 7) is 1.17. The standard InChI is InChI=1S/C14H14ClN5OS3/c1-19(7-11-4-5-12(15)24-11)13(21)9-23-14-16-17-18-20(14)8-10-3-2-6-22-10/h2-6H,7-9H2,1H3. The summed E-state index contributed by atoms with van der Waals surface area (Å²) in [6.07, 6.45) is 0. The Morgan fingerprint density at radius 1 is 1.38 bits per heavy atom. The lowest BCUT2D eigenvalue weighted by molar-refractivity contribution is -0.127. The minimum absolute atomic E-state index is 0.0233. The highest BCUT2D eigenvalue weighted by Crippen LogP contribution is 2.23. The first kappa shape index (κ1) is 17.4. The molecule has 3 aromatic rings. The Kier molecular flexibility index (Phi) is 5.88. The molecule has 0 fully saturated rings. The number of hydrogen-bond acceptors (Lipinski definition) is 7. The van der Waals surface area contributed by atoms with Gasteiger partial charge >= 0.3 is 0 Å². The monoisotopic (exact) mass is 399 g/mol. The van der Waals surface area contributed by atoms with Crippen LogP contribution in [-0.4, -0.2) is 43.8 Å². The highest BCUT2D eigenvalue weighted by Gasteiger charge is 2.14. The van der Waals surface area contributed by atoms with Crippen LogP contribution in [0, 0.1) is 0 Å². The number of carbonyl (C=O) groups excluding carboxylic acids is 1. The first-order valence-electron chi connectivity index (χ1n) is 7.01. The van der Waals surface area contributed by atoms with Crippen LogP contribution in [0.5, 0.6) is 0 Å². The smallest absolute Gasteiger partial charge is 0.233 e. The van der Waals surface area contributed by atoms with E-state index in [-0.39, 0.29) is 5.91 Å². The maximum absolute atomic E-state index is 12.3. The van der Waals surface area contributed by atoms with Crippen LogP contribution in [-0.2, 0) is 17.9 Å². The summed E-state index contributed by atoms with van der Waals surface area (Å²) in [4.78, 5) is 16.2. The van der Waals surface area contributed by atoms with Gasteiger partial charge in [0.1, 0.15) is 0 Å². The van der Waals surface area contributed by atoms with Gasteiger partial charge in [-0.05, 0) is 34.0 Å². The highest BCUT2D eigenvalue weighted by molar-refractivity contribution is 7.99. The van der Waals surface area contributed by atoms with Gasteiger partial charge in [-0.3, -0.25) is 4.79 Å². The average Bonchev–Trinajstić information content (AvgIpc) is 3.29. The van der Waals surface area contributed by atoms with E-state index in [0.717, 1.165) is 9.21 Å². The third kappa shape index (κ3) is 4.56. The lowest BCUT2D eigenvalue weighted by atomic mass is 10.4. The van der Waals surface area contributed by atoms with E-state index in [0.29, 0.717) is 24.0 Å². The van der Waals surface area contributed by atoms with Crippen LogP contribution in [0.3, 0.4) is 0 Å². The van der Waals surface area contributed by atoms with E-state index < -0.39 is 0 Å². The molecule has 1 amide bonds. The molecule has 3 rings (SSSR count). The normalized spacial score (nSPS) is 10.9. The molecular formula is C14H14ClN5OS3. The summed E-state index contributed by atoms with van der Waals surface area (Å²) in [7, 11) is 1.78. The van der Waals surface area contributed by atoms with Crippen molar-refractivity contribution >= 4 is 51.9 Å². The summed E-state index contributed by atoms with van der Waals surface area (Å²) in [6, 6.07) is 7.80. The van der Waals surface area contributed by atoms with Gasteiger partial charge < -0.3 is 4.90 Å². The van der Waals surface area contributed by atoms with Gasteiger partial charge in [-0.2, -0.15) is 0 Å². The predicted molar refractivity (Wildman–Crippen MR) is 97.8 cm³/mol. The van der Waals surface area contributed by atoms with Gasteiger partial charge in [0.2, 0.25) is 11.1 Å². The Balaban J connectivity index is 1.53. The summed E-state index contributed by atoms with van der Waals surface area (Å²) < 4.78 is 2.44. The number of nitrogens with zero attached hydrogens (tertiary/aromatic N) is 5. The van der Waals surface area contributed by atoms with Crippen molar-refractivity contribution in [2.75, 3.05) is 12.8 Å². The quantitative estimate of drug-likeness (QED) is 0.570. The van der Waals surface area contributed by atoms with E-state index in [1.807, 2.05) is 29.6 Å². The molecular weight excluding hydrogens is 386 g/mol. The summed E-state index contributed by atoms with van der Waals surface area (Å²) in [5.41, 5.74) is 0. The third-order valence-electron chi connectivity index (χ3n) is 3.16. The fourth-order valence-electron chi connectivity index (χ4n) is 1.94. The van der Waals surface area contributed by atoms with Crippen molar-refractivity contribution in [3.05, 3.63) is 43.7 Å². The van der Waals surface area contributed by atoms with Crippen molar-refractivity contribution in [1.82, 2.24) is 25.1 Å². The second-order valence-corrected chi connectivity index (χ2v) is 8.72. The number of thioether (sulfide) groups is 1. The highest BCUT2D eigenvalue weighted by atomic mass is 35.5. The first-order chi connectivity index (χ1) is 11.6. The molecule has 0 unspecified atom stereocenters. The lowest BCUT2D eigenvalue weighted by Crippen LogP contribution is -2.27. The largest absolute Gasteiger partial charge is 0.340 e. The molecule has 24 heavy (non-hydrogen) atoms. The van der Waals surface area contributed by atoms with E-state index in [4.69, 9.17) is 11.6 Å². The second kappa shape index (κ2) is 8.11. The fraction of sp³-hybridized carbons (Fsp3) is 0.286. The second-order valence-electron chi connectivity index (χ2n) is 4.94. The summed E-state index contributed by atoms with van der Waals surface area (Å²) in [5, 5.41) is 14.3.